The highest BCUT2D eigenvalue weighted by molar-refractivity contribution is 5.77. The van der Waals surface area contributed by atoms with Crippen LogP contribution in [0.5, 0.6) is 11.5 Å². The minimum Gasteiger partial charge on any atom is -0.426 e. The Labute approximate surface area is 162 Å². The lowest BCUT2D eigenvalue weighted by Crippen LogP contribution is -2.25. The Morgan fingerprint density at radius 3 is 1.85 bits per heavy atom. The van der Waals surface area contributed by atoms with Crippen molar-refractivity contribution in [1.29, 1.82) is 0 Å². The van der Waals surface area contributed by atoms with Gasteiger partial charge in [-0.1, -0.05) is 33.1 Å². The quantitative estimate of drug-likeness (QED) is 0.508. The van der Waals surface area contributed by atoms with Gasteiger partial charge in [0.15, 0.2) is 0 Å². The number of carbonyl (C=O) groups excluding carboxylic acids is 2. The zero-order chi connectivity index (χ0) is 19.2. The molecule has 3 rings (SSSR count). The van der Waals surface area contributed by atoms with E-state index in [0.717, 1.165) is 63.4 Å². The fourth-order valence-corrected chi connectivity index (χ4v) is 4.19. The second-order valence-corrected chi connectivity index (χ2v) is 8.30. The number of ether oxygens (including phenoxy) is 2. The molecule has 2 saturated carbocycles. The van der Waals surface area contributed by atoms with Crippen LogP contribution in [0, 0.1) is 17.8 Å². The van der Waals surface area contributed by atoms with Gasteiger partial charge in [0.05, 0.1) is 11.8 Å². The molecule has 0 aliphatic heterocycles. The summed E-state index contributed by atoms with van der Waals surface area (Å²) in [6.07, 6.45) is 9.97. The summed E-state index contributed by atoms with van der Waals surface area (Å²) in [7, 11) is 0. The minimum absolute atomic E-state index is 0.000684. The lowest BCUT2D eigenvalue weighted by atomic mass is 9.83. The molecule has 148 valence electrons. The van der Waals surface area contributed by atoms with Crippen LogP contribution in [0.3, 0.4) is 0 Å². The van der Waals surface area contributed by atoms with Gasteiger partial charge in [0, 0.05) is 6.07 Å². The van der Waals surface area contributed by atoms with Crippen LogP contribution in [0.1, 0.15) is 77.2 Å². The Morgan fingerprint density at radius 2 is 1.33 bits per heavy atom. The molecule has 1 aromatic rings. The van der Waals surface area contributed by atoms with E-state index in [-0.39, 0.29) is 23.8 Å². The Bertz CT molecular complexity index is 652. The van der Waals surface area contributed by atoms with Gasteiger partial charge in [0.2, 0.25) is 0 Å². The van der Waals surface area contributed by atoms with Crippen LogP contribution in [0.15, 0.2) is 18.2 Å². The van der Waals surface area contributed by atoms with Crippen molar-refractivity contribution in [2.24, 2.45) is 17.8 Å². The molecule has 0 amide bonds. The Kier molecular flexibility index (Phi) is 6.92. The number of hydrogen-bond donors (Lipinski definition) is 0. The van der Waals surface area contributed by atoms with Crippen molar-refractivity contribution in [1.82, 2.24) is 0 Å². The second kappa shape index (κ2) is 9.38. The predicted molar refractivity (Wildman–Crippen MR) is 105 cm³/mol. The summed E-state index contributed by atoms with van der Waals surface area (Å²) < 4.78 is 11.3. The lowest BCUT2D eigenvalue weighted by molar-refractivity contribution is -0.140. The van der Waals surface area contributed by atoms with E-state index in [4.69, 9.17) is 9.47 Å². The molecule has 0 bridgehead atoms. The standard InChI is InChI=1S/C23H32O4/c1-3-17-13-20(26-22(24)18-7-5-4-6-8-18)15-21(14-17)27-23(25)19-11-9-16(2)10-12-19/h13-16,18-19H,3-12H2,1-2H3/t16-,19-. The molecule has 0 radical (unpaired) electrons. The molecule has 1 aromatic carbocycles. The third-order valence-electron chi connectivity index (χ3n) is 6.07. The molecule has 0 spiro atoms. The molecule has 0 unspecified atom stereocenters. The van der Waals surface area contributed by atoms with E-state index in [9.17, 15) is 9.59 Å². The Hall–Kier alpha value is -1.84. The van der Waals surface area contributed by atoms with Crippen LogP contribution >= 0.6 is 0 Å². The summed E-state index contributed by atoms with van der Waals surface area (Å²) in [6, 6.07) is 5.44. The zero-order valence-corrected chi connectivity index (χ0v) is 16.7. The maximum Gasteiger partial charge on any atom is 0.314 e. The van der Waals surface area contributed by atoms with E-state index < -0.39 is 0 Å². The van der Waals surface area contributed by atoms with Crippen molar-refractivity contribution in [3.8, 4) is 11.5 Å². The molecule has 0 aromatic heterocycles. The molecular formula is C23H32O4. The van der Waals surface area contributed by atoms with Crippen LogP contribution in [0.25, 0.3) is 0 Å². The summed E-state index contributed by atoms with van der Waals surface area (Å²) in [5.41, 5.74) is 1.00. The van der Waals surface area contributed by atoms with E-state index in [1.54, 1.807) is 6.07 Å². The number of esters is 2. The lowest BCUT2D eigenvalue weighted by Gasteiger charge is -2.24. The molecule has 2 aliphatic rings. The largest absolute Gasteiger partial charge is 0.426 e. The van der Waals surface area contributed by atoms with Gasteiger partial charge < -0.3 is 9.47 Å². The van der Waals surface area contributed by atoms with Crippen molar-refractivity contribution in [2.45, 2.75) is 78.1 Å². The Morgan fingerprint density at radius 1 is 0.815 bits per heavy atom. The molecule has 0 saturated heterocycles. The van der Waals surface area contributed by atoms with Gasteiger partial charge in [-0.25, -0.2) is 0 Å². The van der Waals surface area contributed by atoms with Crippen molar-refractivity contribution in [3.63, 3.8) is 0 Å². The van der Waals surface area contributed by atoms with Crippen LogP contribution in [0.4, 0.5) is 0 Å². The predicted octanol–water partition coefficient (Wildman–Crippen LogP) is 5.47. The van der Waals surface area contributed by atoms with Crippen LogP contribution in [-0.2, 0) is 16.0 Å². The SMILES string of the molecule is CCc1cc(OC(=O)C2CCCCC2)cc(OC(=O)[C@H]2CC[C@H](C)CC2)c1. The summed E-state index contributed by atoms with van der Waals surface area (Å²) >= 11 is 0. The maximum atomic E-state index is 12.5. The molecule has 4 nitrogen and oxygen atoms in total. The smallest absolute Gasteiger partial charge is 0.314 e. The van der Waals surface area contributed by atoms with Crippen molar-refractivity contribution < 1.29 is 19.1 Å². The third kappa shape index (κ3) is 5.57. The van der Waals surface area contributed by atoms with Gasteiger partial charge in [0.25, 0.3) is 0 Å². The molecule has 2 fully saturated rings. The van der Waals surface area contributed by atoms with E-state index >= 15 is 0 Å². The normalized spacial score (nSPS) is 23.6. The molecule has 0 heterocycles. The first-order valence-electron chi connectivity index (χ1n) is 10.6. The summed E-state index contributed by atoms with van der Waals surface area (Å²) in [4.78, 5) is 25.0. The van der Waals surface area contributed by atoms with Gasteiger partial charge in [-0.05, 0) is 68.6 Å². The van der Waals surface area contributed by atoms with Gasteiger partial charge >= 0.3 is 11.9 Å². The van der Waals surface area contributed by atoms with Gasteiger partial charge in [0.1, 0.15) is 11.5 Å². The fraction of sp³-hybridized carbons (Fsp3) is 0.652. The highest BCUT2D eigenvalue weighted by Crippen LogP contribution is 2.31. The molecule has 0 atom stereocenters. The van der Waals surface area contributed by atoms with Crippen molar-refractivity contribution in [2.75, 3.05) is 0 Å². The average Bonchev–Trinajstić information content (AvgIpc) is 2.68. The summed E-state index contributed by atoms with van der Waals surface area (Å²) in [5.74, 6) is 1.36. The molecule has 2 aliphatic carbocycles. The number of rotatable bonds is 5. The highest BCUT2D eigenvalue weighted by atomic mass is 16.5. The molecule has 27 heavy (non-hydrogen) atoms. The molecular weight excluding hydrogens is 340 g/mol. The summed E-state index contributed by atoms with van der Waals surface area (Å²) in [5, 5.41) is 0. The van der Waals surface area contributed by atoms with Gasteiger partial charge in [-0.15, -0.1) is 0 Å². The maximum absolute atomic E-state index is 12.5. The van der Waals surface area contributed by atoms with E-state index in [0.29, 0.717) is 17.4 Å². The van der Waals surface area contributed by atoms with Crippen molar-refractivity contribution in [3.05, 3.63) is 23.8 Å². The molecule has 0 N–H and O–H groups in total. The second-order valence-electron chi connectivity index (χ2n) is 8.30. The Balaban J connectivity index is 1.65. The monoisotopic (exact) mass is 372 g/mol. The van der Waals surface area contributed by atoms with Crippen molar-refractivity contribution >= 4 is 11.9 Å². The fourth-order valence-electron chi connectivity index (χ4n) is 4.19. The van der Waals surface area contributed by atoms with Crippen LogP contribution in [-0.4, -0.2) is 11.9 Å². The minimum atomic E-state index is -0.153. The number of aryl methyl sites for hydroxylation is 1. The van der Waals surface area contributed by atoms with Gasteiger partial charge in [-0.3, -0.25) is 9.59 Å². The third-order valence-corrected chi connectivity index (χ3v) is 6.07. The summed E-state index contributed by atoms with van der Waals surface area (Å²) in [6.45, 7) is 4.27. The number of hydrogen-bond acceptors (Lipinski definition) is 4. The van der Waals surface area contributed by atoms with E-state index in [2.05, 4.69) is 6.92 Å². The topological polar surface area (TPSA) is 52.6 Å². The van der Waals surface area contributed by atoms with E-state index in [1.165, 1.54) is 6.42 Å². The average molecular weight is 373 g/mol. The molecule has 4 heteroatoms. The van der Waals surface area contributed by atoms with E-state index in [1.807, 2.05) is 19.1 Å². The first kappa shape index (κ1) is 19.9. The number of benzene rings is 1. The highest BCUT2D eigenvalue weighted by Gasteiger charge is 2.27. The first-order valence-corrected chi connectivity index (χ1v) is 10.6. The zero-order valence-electron chi connectivity index (χ0n) is 16.7. The van der Waals surface area contributed by atoms with Gasteiger partial charge in [-0.2, -0.15) is 0 Å². The first-order chi connectivity index (χ1) is 13.0. The number of carbonyl (C=O) groups is 2. The van der Waals surface area contributed by atoms with Crippen LogP contribution < -0.4 is 9.47 Å². The van der Waals surface area contributed by atoms with Crippen LogP contribution in [0.2, 0.25) is 0 Å².